The quantitative estimate of drug-likeness (QED) is 0.615. The summed E-state index contributed by atoms with van der Waals surface area (Å²) in [6.07, 6.45) is 1.15. The fourth-order valence-corrected chi connectivity index (χ4v) is 1.05. The van der Waals surface area contributed by atoms with Gasteiger partial charge in [-0.25, -0.2) is 0 Å². The van der Waals surface area contributed by atoms with Crippen LogP contribution in [-0.2, 0) is 0 Å². The fraction of sp³-hybridized carbons (Fsp3) is 0.364. The highest BCUT2D eigenvalue weighted by atomic mass is 35.5. The summed E-state index contributed by atoms with van der Waals surface area (Å²) in [6.45, 7) is 4.08. The molecule has 1 aromatic carbocycles. The van der Waals surface area contributed by atoms with Gasteiger partial charge >= 0.3 is 0 Å². The van der Waals surface area contributed by atoms with Gasteiger partial charge in [-0.05, 0) is 25.5 Å². The van der Waals surface area contributed by atoms with Crippen LogP contribution in [0, 0.1) is 5.41 Å². The van der Waals surface area contributed by atoms with Gasteiger partial charge in [-0.2, -0.15) is 0 Å². The van der Waals surface area contributed by atoms with Gasteiger partial charge in [0.05, 0.1) is 6.10 Å². The molecule has 3 N–H and O–H groups in total. The Labute approximate surface area is 96.5 Å². The summed E-state index contributed by atoms with van der Waals surface area (Å²) >= 11 is 0. The maximum Gasteiger partial charge on any atom is 0.122 e. The van der Waals surface area contributed by atoms with Crippen molar-refractivity contribution in [2.75, 3.05) is 0 Å². The van der Waals surface area contributed by atoms with Gasteiger partial charge in [-0.3, -0.25) is 5.41 Å². The second-order valence-corrected chi connectivity index (χ2v) is 3.28. The summed E-state index contributed by atoms with van der Waals surface area (Å²) in [5, 5.41) is 7.28. The lowest BCUT2D eigenvalue weighted by Gasteiger charge is -2.12. The first-order chi connectivity index (χ1) is 6.63. The Balaban J connectivity index is 0.00000196. The largest absolute Gasteiger partial charge is 0.491 e. The molecule has 1 atom stereocenters. The summed E-state index contributed by atoms with van der Waals surface area (Å²) in [7, 11) is 0. The van der Waals surface area contributed by atoms with E-state index in [0.717, 1.165) is 12.2 Å². The van der Waals surface area contributed by atoms with E-state index in [-0.39, 0.29) is 24.3 Å². The molecule has 0 aliphatic heterocycles. The van der Waals surface area contributed by atoms with Crippen LogP contribution in [-0.4, -0.2) is 11.9 Å². The van der Waals surface area contributed by atoms with E-state index in [1.807, 2.05) is 19.1 Å². The summed E-state index contributed by atoms with van der Waals surface area (Å²) in [6, 6.07) is 7.30. The molecule has 0 aliphatic rings. The standard InChI is InChI=1S/C11H16N2O.ClH/c1-3-8(2)14-10-6-4-5-9(7-10)11(12)13;/h4-8H,3H2,1-2H3,(H3,12,13);1H. The number of halogens is 1. The highest BCUT2D eigenvalue weighted by Gasteiger charge is 2.02. The highest BCUT2D eigenvalue weighted by molar-refractivity contribution is 5.95. The molecule has 1 rings (SSSR count). The second kappa shape index (κ2) is 6.30. The van der Waals surface area contributed by atoms with E-state index < -0.39 is 0 Å². The molecule has 3 nitrogen and oxygen atoms in total. The molecule has 84 valence electrons. The van der Waals surface area contributed by atoms with Crippen LogP contribution in [0.1, 0.15) is 25.8 Å². The van der Waals surface area contributed by atoms with Crippen LogP contribution in [0.2, 0.25) is 0 Å². The number of amidine groups is 1. The summed E-state index contributed by atoms with van der Waals surface area (Å²) in [5.74, 6) is 0.839. The molecular formula is C11H17ClN2O. The third-order valence-electron chi connectivity index (χ3n) is 2.06. The lowest BCUT2D eigenvalue weighted by molar-refractivity contribution is 0.217. The Bertz CT molecular complexity index is 328. The van der Waals surface area contributed by atoms with Gasteiger partial charge in [0.1, 0.15) is 11.6 Å². The van der Waals surface area contributed by atoms with Gasteiger partial charge in [-0.15, -0.1) is 12.4 Å². The van der Waals surface area contributed by atoms with Gasteiger partial charge in [0, 0.05) is 5.56 Å². The third kappa shape index (κ3) is 4.21. The molecular weight excluding hydrogens is 212 g/mol. The van der Waals surface area contributed by atoms with Crippen LogP contribution in [0.15, 0.2) is 24.3 Å². The van der Waals surface area contributed by atoms with E-state index in [0.29, 0.717) is 5.56 Å². The number of hydrogen-bond acceptors (Lipinski definition) is 2. The second-order valence-electron chi connectivity index (χ2n) is 3.28. The SMILES string of the molecule is CCC(C)Oc1cccc(C(=N)N)c1.Cl. The Morgan fingerprint density at radius 3 is 2.73 bits per heavy atom. The minimum atomic E-state index is 0. The molecule has 0 aromatic heterocycles. The Morgan fingerprint density at radius 2 is 2.20 bits per heavy atom. The minimum absolute atomic E-state index is 0. The van der Waals surface area contributed by atoms with Crippen molar-refractivity contribution in [3.63, 3.8) is 0 Å². The molecule has 0 spiro atoms. The predicted molar refractivity (Wildman–Crippen MR) is 65.1 cm³/mol. The molecule has 0 heterocycles. The first-order valence-corrected chi connectivity index (χ1v) is 4.74. The Morgan fingerprint density at radius 1 is 1.53 bits per heavy atom. The van der Waals surface area contributed by atoms with Crippen molar-refractivity contribution in [2.24, 2.45) is 5.73 Å². The van der Waals surface area contributed by atoms with Crippen molar-refractivity contribution in [3.8, 4) is 5.75 Å². The average molecular weight is 229 g/mol. The van der Waals surface area contributed by atoms with Crippen molar-refractivity contribution in [1.29, 1.82) is 5.41 Å². The minimum Gasteiger partial charge on any atom is -0.491 e. The van der Waals surface area contributed by atoms with E-state index >= 15 is 0 Å². The van der Waals surface area contributed by atoms with Crippen molar-refractivity contribution < 1.29 is 4.74 Å². The van der Waals surface area contributed by atoms with Gasteiger partial charge < -0.3 is 10.5 Å². The van der Waals surface area contributed by atoms with E-state index in [1.54, 1.807) is 12.1 Å². The topological polar surface area (TPSA) is 59.1 Å². The van der Waals surface area contributed by atoms with Gasteiger partial charge in [0.25, 0.3) is 0 Å². The number of ether oxygens (including phenoxy) is 1. The number of hydrogen-bond donors (Lipinski definition) is 2. The summed E-state index contributed by atoms with van der Waals surface area (Å²) < 4.78 is 5.60. The van der Waals surface area contributed by atoms with Crippen molar-refractivity contribution in [1.82, 2.24) is 0 Å². The normalized spacial score (nSPS) is 11.3. The number of nitrogens with two attached hydrogens (primary N) is 1. The smallest absolute Gasteiger partial charge is 0.122 e. The maximum atomic E-state index is 7.28. The molecule has 0 fully saturated rings. The van der Waals surface area contributed by atoms with E-state index in [9.17, 15) is 0 Å². The van der Waals surface area contributed by atoms with Crippen LogP contribution in [0.3, 0.4) is 0 Å². The van der Waals surface area contributed by atoms with E-state index in [4.69, 9.17) is 15.9 Å². The van der Waals surface area contributed by atoms with Crippen LogP contribution >= 0.6 is 12.4 Å². The third-order valence-corrected chi connectivity index (χ3v) is 2.06. The zero-order valence-electron chi connectivity index (χ0n) is 8.99. The van der Waals surface area contributed by atoms with Crippen LogP contribution in [0.4, 0.5) is 0 Å². The molecule has 15 heavy (non-hydrogen) atoms. The zero-order chi connectivity index (χ0) is 10.6. The zero-order valence-corrected chi connectivity index (χ0v) is 9.80. The van der Waals surface area contributed by atoms with Crippen LogP contribution in [0.5, 0.6) is 5.75 Å². The molecule has 4 heteroatoms. The lowest BCUT2D eigenvalue weighted by Crippen LogP contribution is -2.13. The molecule has 1 unspecified atom stereocenters. The van der Waals surface area contributed by atoms with Gasteiger partial charge in [0.2, 0.25) is 0 Å². The molecule has 0 aliphatic carbocycles. The Kier molecular flexibility index (Phi) is 5.79. The molecule has 0 saturated carbocycles. The number of benzene rings is 1. The molecule has 0 bridgehead atoms. The first kappa shape index (κ1) is 13.8. The lowest BCUT2D eigenvalue weighted by atomic mass is 10.2. The van der Waals surface area contributed by atoms with Crippen LogP contribution < -0.4 is 10.5 Å². The highest BCUT2D eigenvalue weighted by Crippen LogP contribution is 2.15. The van der Waals surface area contributed by atoms with E-state index in [1.165, 1.54) is 0 Å². The van der Waals surface area contributed by atoms with Crippen molar-refractivity contribution >= 4 is 18.2 Å². The number of nitrogens with one attached hydrogen (secondary N) is 1. The monoisotopic (exact) mass is 228 g/mol. The first-order valence-electron chi connectivity index (χ1n) is 4.74. The molecule has 1 aromatic rings. The molecule has 0 amide bonds. The number of nitrogen functional groups attached to an aromatic ring is 1. The predicted octanol–water partition coefficient (Wildman–Crippen LogP) is 2.57. The van der Waals surface area contributed by atoms with Crippen molar-refractivity contribution in [3.05, 3.63) is 29.8 Å². The molecule has 0 saturated heterocycles. The summed E-state index contributed by atoms with van der Waals surface area (Å²) in [5.41, 5.74) is 6.07. The number of rotatable bonds is 4. The average Bonchev–Trinajstić information content (AvgIpc) is 2.18. The van der Waals surface area contributed by atoms with E-state index in [2.05, 4.69) is 6.92 Å². The summed E-state index contributed by atoms with van der Waals surface area (Å²) in [4.78, 5) is 0. The fourth-order valence-electron chi connectivity index (χ4n) is 1.05. The van der Waals surface area contributed by atoms with Crippen LogP contribution in [0.25, 0.3) is 0 Å². The van der Waals surface area contributed by atoms with Gasteiger partial charge in [-0.1, -0.05) is 19.1 Å². The Hall–Kier alpha value is -1.22. The van der Waals surface area contributed by atoms with Gasteiger partial charge in [0.15, 0.2) is 0 Å². The van der Waals surface area contributed by atoms with Crippen molar-refractivity contribution in [2.45, 2.75) is 26.4 Å². The maximum absolute atomic E-state index is 7.28. The molecule has 0 radical (unpaired) electrons.